The molecule has 0 aliphatic rings. The summed E-state index contributed by atoms with van der Waals surface area (Å²) in [5.41, 5.74) is 2.73. The van der Waals surface area contributed by atoms with E-state index in [2.05, 4.69) is 18.2 Å². The van der Waals surface area contributed by atoms with Gasteiger partial charge in [0.1, 0.15) is 0 Å². The Morgan fingerprint density at radius 2 is 1.43 bits per heavy atom. The molecule has 4 aromatic rings. The molecule has 0 bridgehead atoms. The van der Waals surface area contributed by atoms with Crippen LogP contribution in [0.4, 0.5) is 0 Å². The lowest BCUT2D eigenvalue weighted by Gasteiger charge is -2.10. The van der Waals surface area contributed by atoms with Crippen molar-refractivity contribution in [2.75, 3.05) is 0 Å². The Morgan fingerprint density at radius 1 is 0.714 bits per heavy atom. The van der Waals surface area contributed by atoms with Crippen LogP contribution in [0.15, 0.2) is 83.9 Å². The van der Waals surface area contributed by atoms with Crippen LogP contribution in [0.25, 0.3) is 27.4 Å². The SMILES string of the molecule is O=c1ccn2ccc3ccccc3c2c1-c1ccccc1. The molecule has 0 saturated heterocycles. The third-order valence-electron chi connectivity index (χ3n) is 3.82. The van der Waals surface area contributed by atoms with Crippen molar-refractivity contribution in [3.8, 4) is 11.1 Å². The van der Waals surface area contributed by atoms with Gasteiger partial charge in [-0.2, -0.15) is 0 Å². The first kappa shape index (κ1) is 11.9. The molecular weight excluding hydrogens is 258 g/mol. The third kappa shape index (κ3) is 1.84. The molecule has 0 amide bonds. The molecule has 2 aromatic carbocycles. The highest BCUT2D eigenvalue weighted by atomic mass is 16.1. The van der Waals surface area contributed by atoms with Crippen LogP contribution in [0.5, 0.6) is 0 Å². The molecule has 21 heavy (non-hydrogen) atoms. The number of fused-ring (bicyclic) bond motifs is 3. The van der Waals surface area contributed by atoms with E-state index in [0.717, 1.165) is 27.4 Å². The molecular formula is C19H13NO. The minimum Gasteiger partial charge on any atom is -0.322 e. The first-order chi connectivity index (χ1) is 10.3. The van der Waals surface area contributed by atoms with Crippen LogP contribution < -0.4 is 5.43 Å². The van der Waals surface area contributed by atoms with Gasteiger partial charge in [-0.25, -0.2) is 0 Å². The van der Waals surface area contributed by atoms with Crippen LogP contribution in [-0.4, -0.2) is 4.40 Å². The number of pyridine rings is 2. The highest BCUT2D eigenvalue weighted by Gasteiger charge is 2.10. The standard InChI is InChI=1S/C19H13NO/c21-17-11-13-20-12-10-14-6-4-5-9-16(14)19(20)18(17)15-7-2-1-3-8-15/h1-13H. The Hall–Kier alpha value is -2.87. The highest BCUT2D eigenvalue weighted by Crippen LogP contribution is 2.27. The number of hydrogen-bond acceptors (Lipinski definition) is 1. The van der Waals surface area contributed by atoms with Crippen molar-refractivity contribution in [1.29, 1.82) is 0 Å². The summed E-state index contributed by atoms with van der Waals surface area (Å²) >= 11 is 0. The first-order valence-corrected chi connectivity index (χ1v) is 6.93. The largest absolute Gasteiger partial charge is 0.322 e. The van der Waals surface area contributed by atoms with E-state index in [1.54, 1.807) is 6.07 Å². The van der Waals surface area contributed by atoms with E-state index in [9.17, 15) is 4.79 Å². The van der Waals surface area contributed by atoms with Crippen LogP contribution in [0.3, 0.4) is 0 Å². The molecule has 0 aliphatic carbocycles. The summed E-state index contributed by atoms with van der Waals surface area (Å²) < 4.78 is 2.02. The molecule has 0 N–H and O–H groups in total. The lowest BCUT2D eigenvalue weighted by Crippen LogP contribution is -2.07. The molecule has 2 aromatic heterocycles. The zero-order chi connectivity index (χ0) is 14.2. The molecule has 0 fully saturated rings. The van der Waals surface area contributed by atoms with Crippen molar-refractivity contribution in [2.45, 2.75) is 0 Å². The zero-order valence-corrected chi connectivity index (χ0v) is 11.4. The molecule has 2 nitrogen and oxygen atoms in total. The van der Waals surface area contributed by atoms with E-state index in [-0.39, 0.29) is 5.43 Å². The van der Waals surface area contributed by atoms with Crippen molar-refractivity contribution >= 4 is 16.3 Å². The highest BCUT2D eigenvalue weighted by molar-refractivity contribution is 6.02. The van der Waals surface area contributed by atoms with E-state index in [4.69, 9.17) is 0 Å². The minimum atomic E-state index is 0.0533. The number of hydrogen-bond donors (Lipinski definition) is 0. The van der Waals surface area contributed by atoms with Crippen molar-refractivity contribution in [3.63, 3.8) is 0 Å². The van der Waals surface area contributed by atoms with Crippen molar-refractivity contribution in [1.82, 2.24) is 4.40 Å². The predicted molar refractivity (Wildman–Crippen MR) is 86.6 cm³/mol. The third-order valence-corrected chi connectivity index (χ3v) is 3.82. The molecule has 0 spiro atoms. The number of nitrogens with zero attached hydrogens (tertiary/aromatic N) is 1. The van der Waals surface area contributed by atoms with Gasteiger partial charge in [-0.1, -0.05) is 54.6 Å². The average molecular weight is 271 g/mol. The van der Waals surface area contributed by atoms with Gasteiger partial charge in [0.2, 0.25) is 0 Å². The van der Waals surface area contributed by atoms with Gasteiger partial charge in [-0.3, -0.25) is 4.79 Å². The van der Waals surface area contributed by atoms with Gasteiger partial charge in [-0.15, -0.1) is 0 Å². The van der Waals surface area contributed by atoms with E-state index >= 15 is 0 Å². The average Bonchev–Trinajstić information content (AvgIpc) is 2.55. The fourth-order valence-corrected chi connectivity index (χ4v) is 2.85. The summed E-state index contributed by atoms with van der Waals surface area (Å²) in [6, 6.07) is 21.7. The normalized spacial score (nSPS) is 11.0. The maximum Gasteiger partial charge on any atom is 0.190 e. The summed E-state index contributed by atoms with van der Waals surface area (Å²) in [7, 11) is 0. The number of benzene rings is 2. The molecule has 2 heteroatoms. The van der Waals surface area contributed by atoms with Crippen LogP contribution in [0.2, 0.25) is 0 Å². The second-order valence-corrected chi connectivity index (χ2v) is 5.08. The molecule has 0 radical (unpaired) electrons. The van der Waals surface area contributed by atoms with Gasteiger partial charge in [-0.05, 0) is 17.0 Å². The lowest BCUT2D eigenvalue weighted by atomic mass is 10.0. The fraction of sp³-hybridized carbons (Fsp3) is 0. The second-order valence-electron chi connectivity index (χ2n) is 5.08. The minimum absolute atomic E-state index is 0.0533. The molecule has 4 rings (SSSR count). The van der Waals surface area contributed by atoms with E-state index < -0.39 is 0 Å². The Balaban J connectivity index is 2.26. The molecule has 100 valence electrons. The number of rotatable bonds is 1. The van der Waals surface area contributed by atoms with Gasteiger partial charge < -0.3 is 4.40 Å². The summed E-state index contributed by atoms with van der Waals surface area (Å²) in [5, 5.41) is 2.23. The summed E-state index contributed by atoms with van der Waals surface area (Å²) in [6.45, 7) is 0. The predicted octanol–water partition coefficient (Wildman–Crippen LogP) is 4.12. The molecule has 0 atom stereocenters. The molecule has 0 unspecified atom stereocenters. The van der Waals surface area contributed by atoms with E-state index in [0.29, 0.717) is 0 Å². The van der Waals surface area contributed by atoms with Crippen LogP contribution in [0.1, 0.15) is 0 Å². The van der Waals surface area contributed by atoms with Crippen molar-refractivity contribution < 1.29 is 0 Å². The van der Waals surface area contributed by atoms with Gasteiger partial charge in [0.15, 0.2) is 5.43 Å². The fourth-order valence-electron chi connectivity index (χ4n) is 2.85. The van der Waals surface area contributed by atoms with Crippen molar-refractivity contribution in [3.05, 3.63) is 89.3 Å². The van der Waals surface area contributed by atoms with Gasteiger partial charge in [0, 0.05) is 23.8 Å². The van der Waals surface area contributed by atoms with Gasteiger partial charge in [0.05, 0.1) is 11.1 Å². The smallest absolute Gasteiger partial charge is 0.190 e. The topological polar surface area (TPSA) is 21.5 Å². The van der Waals surface area contributed by atoms with Gasteiger partial charge >= 0.3 is 0 Å². The summed E-state index contributed by atoms with van der Waals surface area (Å²) in [4.78, 5) is 12.5. The number of aromatic nitrogens is 1. The van der Waals surface area contributed by atoms with Crippen molar-refractivity contribution in [2.24, 2.45) is 0 Å². The maximum atomic E-state index is 12.5. The van der Waals surface area contributed by atoms with Gasteiger partial charge in [0.25, 0.3) is 0 Å². The monoisotopic (exact) mass is 271 g/mol. The van der Waals surface area contributed by atoms with Crippen LogP contribution in [-0.2, 0) is 0 Å². The zero-order valence-electron chi connectivity index (χ0n) is 11.4. The summed E-state index contributed by atoms with van der Waals surface area (Å²) in [6.07, 6.45) is 3.83. The van der Waals surface area contributed by atoms with E-state index in [1.807, 2.05) is 59.3 Å². The summed E-state index contributed by atoms with van der Waals surface area (Å²) in [5.74, 6) is 0. The maximum absolute atomic E-state index is 12.5. The van der Waals surface area contributed by atoms with Crippen LogP contribution in [0, 0.1) is 0 Å². The second kappa shape index (κ2) is 4.60. The van der Waals surface area contributed by atoms with E-state index in [1.165, 1.54) is 0 Å². The molecule has 0 saturated carbocycles. The molecule has 2 heterocycles. The Kier molecular flexibility index (Phi) is 2.61. The first-order valence-electron chi connectivity index (χ1n) is 6.93. The lowest BCUT2D eigenvalue weighted by molar-refractivity contribution is 1.17. The molecule has 0 aliphatic heterocycles. The Morgan fingerprint density at radius 3 is 2.29 bits per heavy atom. The Labute approximate surface area is 121 Å². The van der Waals surface area contributed by atoms with Crippen LogP contribution >= 0.6 is 0 Å². The quantitative estimate of drug-likeness (QED) is 0.477. The Bertz CT molecular complexity index is 1000.